The number of amides is 2. The zero-order valence-corrected chi connectivity index (χ0v) is 13.5. The molecule has 0 bridgehead atoms. The number of hydrogen-bond acceptors (Lipinski definition) is 5. The van der Waals surface area contributed by atoms with E-state index < -0.39 is 0 Å². The van der Waals surface area contributed by atoms with E-state index in [2.05, 4.69) is 20.8 Å². The standard InChI is InChI=1S/C15H17FN4O2S/c1-9-18-13(22-20-9)5-7-17-15(21)19-12-6-8-23-14-10(12)3-2-4-11(14)16/h2-4,12H,5-8H2,1H3,(H2,17,19,21). The van der Waals surface area contributed by atoms with E-state index in [0.29, 0.717) is 29.6 Å². The van der Waals surface area contributed by atoms with Gasteiger partial charge in [0.1, 0.15) is 5.82 Å². The number of fused-ring (bicyclic) bond motifs is 1. The van der Waals surface area contributed by atoms with Crippen molar-refractivity contribution in [3.8, 4) is 0 Å². The maximum Gasteiger partial charge on any atom is 0.315 e. The highest BCUT2D eigenvalue weighted by atomic mass is 32.2. The first-order valence-electron chi connectivity index (χ1n) is 7.38. The third-order valence-electron chi connectivity index (χ3n) is 3.53. The van der Waals surface area contributed by atoms with Gasteiger partial charge in [-0.1, -0.05) is 17.3 Å². The summed E-state index contributed by atoms with van der Waals surface area (Å²) in [7, 11) is 0. The molecule has 0 spiro atoms. The first-order chi connectivity index (χ1) is 11.1. The van der Waals surface area contributed by atoms with Crippen molar-refractivity contribution in [1.82, 2.24) is 20.8 Å². The Hall–Kier alpha value is -2.09. The second-order valence-corrected chi connectivity index (χ2v) is 6.34. The van der Waals surface area contributed by atoms with E-state index in [0.717, 1.165) is 17.7 Å². The molecule has 1 unspecified atom stereocenters. The SMILES string of the molecule is Cc1noc(CCNC(=O)NC2CCSc3c(F)cccc32)n1. The average Bonchev–Trinajstić information content (AvgIpc) is 2.94. The van der Waals surface area contributed by atoms with Gasteiger partial charge in [-0.3, -0.25) is 0 Å². The summed E-state index contributed by atoms with van der Waals surface area (Å²) in [6.45, 7) is 2.13. The molecule has 0 saturated heterocycles. The number of halogens is 1. The van der Waals surface area contributed by atoms with E-state index in [9.17, 15) is 9.18 Å². The molecule has 3 rings (SSSR count). The fourth-order valence-corrected chi connectivity index (χ4v) is 3.61. The van der Waals surface area contributed by atoms with Crippen molar-refractivity contribution in [2.24, 2.45) is 0 Å². The lowest BCUT2D eigenvalue weighted by Gasteiger charge is -2.26. The van der Waals surface area contributed by atoms with Gasteiger partial charge in [-0.2, -0.15) is 4.98 Å². The second-order valence-electron chi connectivity index (χ2n) is 5.23. The van der Waals surface area contributed by atoms with Crippen LogP contribution in [0.2, 0.25) is 0 Å². The average molecular weight is 336 g/mol. The van der Waals surface area contributed by atoms with Gasteiger partial charge in [-0.05, 0) is 25.0 Å². The normalized spacial score (nSPS) is 16.7. The van der Waals surface area contributed by atoms with E-state index in [1.807, 2.05) is 6.07 Å². The first-order valence-corrected chi connectivity index (χ1v) is 8.37. The molecule has 2 amide bonds. The molecule has 2 aromatic rings. The van der Waals surface area contributed by atoms with E-state index in [1.165, 1.54) is 17.8 Å². The summed E-state index contributed by atoms with van der Waals surface area (Å²) in [6, 6.07) is 4.52. The zero-order valence-electron chi connectivity index (χ0n) is 12.6. The predicted octanol–water partition coefficient (Wildman–Crippen LogP) is 2.60. The maximum atomic E-state index is 13.8. The van der Waals surface area contributed by atoms with Crippen LogP contribution < -0.4 is 10.6 Å². The molecule has 0 aliphatic carbocycles. The van der Waals surface area contributed by atoms with Gasteiger partial charge in [-0.15, -0.1) is 11.8 Å². The fraction of sp³-hybridized carbons (Fsp3) is 0.400. The number of urea groups is 1. The van der Waals surface area contributed by atoms with Gasteiger partial charge >= 0.3 is 6.03 Å². The van der Waals surface area contributed by atoms with Gasteiger partial charge in [0.2, 0.25) is 5.89 Å². The Morgan fingerprint density at radius 1 is 1.52 bits per heavy atom. The number of rotatable bonds is 4. The lowest BCUT2D eigenvalue weighted by atomic mass is 10.0. The monoisotopic (exact) mass is 336 g/mol. The summed E-state index contributed by atoms with van der Waals surface area (Å²) in [5.41, 5.74) is 0.837. The molecule has 1 aliphatic heterocycles. The number of thioether (sulfide) groups is 1. The molecule has 1 atom stereocenters. The van der Waals surface area contributed by atoms with Crippen molar-refractivity contribution >= 4 is 17.8 Å². The van der Waals surface area contributed by atoms with Crippen LogP contribution >= 0.6 is 11.8 Å². The molecule has 8 heteroatoms. The molecule has 23 heavy (non-hydrogen) atoms. The Morgan fingerprint density at radius 3 is 3.17 bits per heavy atom. The zero-order chi connectivity index (χ0) is 16.2. The predicted molar refractivity (Wildman–Crippen MR) is 83.8 cm³/mol. The van der Waals surface area contributed by atoms with E-state index in [1.54, 1.807) is 13.0 Å². The Balaban J connectivity index is 1.54. The van der Waals surface area contributed by atoms with Crippen molar-refractivity contribution < 1.29 is 13.7 Å². The van der Waals surface area contributed by atoms with Crippen LogP contribution in [-0.4, -0.2) is 28.5 Å². The molecule has 2 N–H and O–H groups in total. The van der Waals surface area contributed by atoms with Gasteiger partial charge in [-0.25, -0.2) is 9.18 Å². The Morgan fingerprint density at radius 2 is 2.39 bits per heavy atom. The van der Waals surface area contributed by atoms with Crippen LogP contribution in [-0.2, 0) is 6.42 Å². The molecule has 0 saturated carbocycles. The van der Waals surface area contributed by atoms with E-state index in [4.69, 9.17) is 4.52 Å². The second kappa shape index (κ2) is 6.99. The van der Waals surface area contributed by atoms with Gasteiger partial charge < -0.3 is 15.2 Å². The third-order valence-corrected chi connectivity index (χ3v) is 4.68. The highest BCUT2D eigenvalue weighted by Gasteiger charge is 2.24. The van der Waals surface area contributed by atoms with Gasteiger partial charge in [0.15, 0.2) is 5.82 Å². The van der Waals surface area contributed by atoms with Crippen molar-refractivity contribution in [1.29, 1.82) is 0 Å². The molecule has 1 aliphatic rings. The summed E-state index contributed by atoms with van der Waals surface area (Å²) in [5.74, 6) is 1.61. The molecule has 122 valence electrons. The number of nitrogens with zero attached hydrogens (tertiary/aromatic N) is 2. The van der Waals surface area contributed by atoms with Gasteiger partial charge in [0.25, 0.3) is 0 Å². The van der Waals surface area contributed by atoms with Crippen LogP contribution in [0.3, 0.4) is 0 Å². The van der Waals surface area contributed by atoms with Crippen molar-refractivity contribution in [2.75, 3.05) is 12.3 Å². The maximum absolute atomic E-state index is 13.8. The summed E-state index contributed by atoms with van der Waals surface area (Å²) in [5, 5.41) is 9.34. The van der Waals surface area contributed by atoms with Crippen molar-refractivity contribution in [2.45, 2.75) is 30.7 Å². The lowest BCUT2D eigenvalue weighted by molar-refractivity contribution is 0.236. The molecule has 2 heterocycles. The van der Waals surface area contributed by atoms with Crippen LogP contribution in [0.25, 0.3) is 0 Å². The largest absolute Gasteiger partial charge is 0.339 e. The number of hydrogen-bond donors (Lipinski definition) is 2. The van der Waals surface area contributed by atoms with Crippen molar-refractivity contribution in [3.63, 3.8) is 0 Å². The molecular formula is C15H17FN4O2S. The molecule has 0 fully saturated rings. The summed E-state index contributed by atoms with van der Waals surface area (Å²) < 4.78 is 18.8. The highest BCUT2D eigenvalue weighted by molar-refractivity contribution is 7.99. The Labute approximate surface area is 137 Å². The minimum absolute atomic E-state index is 0.174. The van der Waals surface area contributed by atoms with E-state index in [-0.39, 0.29) is 17.9 Å². The molecule has 1 aromatic heterocycles. The van der Waals surface area contributed by atoms with Crippen LogP contribution in [0.4, 0.5) is 9.18 Å². The minimum Gasteiger partial charge on any atom is -0.339 e. The summed E-state index contributed by atoms with van der Waals surface area (Å²) in [4.78, 5) is 16.7. The molecule has 1 aromatic carbocycles. The number of carbonyl (C=O) groups is 1. The van der Waals surface area contributed by atoms with Gasteiger partial charge in [0, 0.05) is 23.6 Å². The Bertz CT molecular complexity index is 707. The number of carbonyl (C=O) groups excluding carboxylic acids is 1. The van der Waals surface area contributed by atoms with Crippen LogP contribution in [0.1, 0.15) is 29.7 Å². The first kappa shape index (κ1) is 15.8. The molecule has 0 radical (unpaired) electrons. The van der Waals surface area contributed by atoms with Crippen LogP contribution in [0, 0.1) is 12.7 Å². The van der Waals surface area contributed by atoms with Crippen LogP contribution in [0.5, 0.6) is 0 Å². The Kier molecular flexibility index (Phi) is 4.80. The highest BCUT2D eigenvalue weighted by Crippen LogP contribution is 2.37. The topological polar surface area (TPSA) is 80.0 Å². The number of benzene rings is 1. The van der Waals surface area contributed by atoms with Crippen LogP contribution in [0.15, 0.2) is 27.6 Å². The smallest absolute Gasteiger partial charge is 0.315 e. The summed E-state index contributed by atoms with van der Waals surface area (Å²) >= 11 is 1.49. The molecule has 6 nitrogen and oxygen atoms in total. The fourth-order valence-electron chi connectivity index (χ4n) is 2.47. The molecular weight excluding hydrogens is 319 g/mol. The lowest BCUT2D eigenvalue weighted by Crippen LogP contribution is -2.39. The third kappa shape index (κ3) is 3.82. The van der Waals surface area contributed by atoms with Crippen molar-refractivity contribution in [3.05, 3.63) is 41.3 Å². The minimum atomic E-state index is -0.284. The summed E-state index contributed by atoms with van der Waals surface area (Å²) in [6.07, 6.45) is 1.25. The number of nitrogens with one attached hydrogen (secondary N) is 2. The van der Waals surface area contributed by atoms with E-state index >= 15 is 0 Å². The van der Waals surface area contributed by atoms with Gasteiger partial charge in [0.05, 0.1) is 6.04 Å². The number of aromatic nitrogens is 2. The number of aryl methyl sites for hydroxylation is 1. The quantitative estimate of drug-likeness (QED) is 0.897.